The standard InChI is InChI=1S/C14H12Cl2N2O2S/c15-9-6-12(13(18(19)20)7-10(9)16)17-11-2-1-3-14-8(11)4-5-21-14/h4-7,11,17H,1-3H2. The highest BCUT2D eigenvalue weighted by Crippen LogP contribution is 2.40. The Bertz CT molecular complexity index is 702. The van der Waals surface area contributed by atoms with Gasteiger partial charge in [0.2, 0.25) is 0 Å². The van der Waals surface area contributed by atoms with Crippen molar-refractivity contribution in [1.29, 1.82) is 0 Å². The number of anilines is 1. The summed E-state index contributed by atoms with van der Waals surface area (Å²) in [5.41, 5.74) is 1.59. The molecule has 4 nitrogen and oxygen atoms in total. The summed E-state index contributed by atoms with van der Waals surface area (Å²) < 4.78 is 0. The lowest BCUT2D eigenvalue weighted by Crippen LogP contribution is -2.16. The zero-order valence-electron chi connectivity index (χ0n) is 10.9. The molecule has 1 aliphatic rings. The number of benzene rings is 1. The molecule has 1 atom stereocenters. The number of halogens is 2. The maximum absolute atomic E-state index is 11.2. The molecule has 1 aliphatic carbocycles. The summed E-state index contributed by atoms with van der Waals surface area (Å²) >= 11 is 13.6. The minimum Gasteiger partial charge on any atom is -0.373 e. The molecule has 3 rings (SSSR count). The van der Waals surface area contributed by atoms with Crippen LogP contribution >= 0.6 is 34.5 Å². The second-order valence-corrected chi connectivity index (χ2v) is 6.74. The SMILES string of the molecule is O=[N+]([O-])c1cc(Cl)c(Cl)cc1NC1CCCc2sccc21. The fraction of sp³-hybridized carbons (Fsp3) is 0.286. The van der Waals surface area contributed by atoms with Crippen LogP contribution in [0.15, 0.2) is 23.6 Å². The smallest absolute Gasteiger partial charge is 0.293 e. The molecule has 1 unspecified atom stereocenters. The number of nitrogens with zero attached hydrogens (tertiary/aromatic N) is 1. The second kappa shape index (κ2) is 5.83. The van der Waals surface area contributed by atoms with E-state index in [9.17, 15) is 10.1 Å². The Morgan fingerprint density at radius 3 is 2.86 bits per heavy atom. The molecule has 1 heterocycles. The van der Waals surface area contributed by atoms with Crippen LogP contribution in [0.4, 0.5) is 11.4 Å². The summed E-state index contributed by atoms with van der Waals surface area (Å²) in [5.74, 6) is 0. The second-order valence-electron chi connectivity index (χ2n) is 4.93. The van der Waals surface area contributed by atoms with Gasteiger partial charge in [-0.15, -0.1) is 11.3 Å². The summed E-state index contributed by atoms with van der Waals surface area (Å²) in [6, 6.07) is 4.99. The van der Waals surface area contributed by atoms with Crippen LogP contribution in [0.25, 0.3) is 0 Å². The summed E-state index contributed by atoms with van der Waals surface area (Å²) in [7, 11) is 0. The van der Waals surface area contributed by atoms with Crippen LogP contribution in [-0.4, -0.2) is 4.92 Å². The van der Waals surface area contributed by atoms with Crippen molar-refractivity contribution in [1.82, 2.24) is 0 Å². The van der Waals surface area contributed by atoms with Crippen molar-refractivity contribution in [3.63, 3.8) is 0 Å². The highest BCUT2D eigenvalue weighted by molar-refractivity contribution is 7.10. The molecule has 0 radical (unpaired) electrons. The summed E-state index contributed by atoms with van der Waals surface area (Å²) in [6.07, 6.45) is 3.09. The predicted octanol–water partition coefficient (Wildman–Crippen LogP) is 5.45. The average molecular weight is 343 g/mol. The van der Waals surface area contributed by atoms with E-state index in [1.807, 2.05) is 0 Å². The predicted molar refractivity (Wildman–Crippen MR) is 86.7 cm³/mol. The molecule has 0 fully saturated rings. The Morgan fingerprint density at radius 2 is 2.10 bits per heavy atom. The van der Waals surface area contributed by atoms with E-state index in [1.165, 1.54) is 22.6 Å². The molecule has 0 spiro atoms. The first-order valence-corrected chi connectivity index (χ1v) is 8.16. The number of nitro groups is 1. The van der Waals surface area contributed by atoms with Crippen LogP contribution in [0.1, 0.15) is 29.3 Å². The number of nitro benzene ring substituents is 1. The highest BCUT2D eigenvalue weighted by Gasteiger charge is 2.24. The van der Waals surface area contributed by atoms with E-state index in [1.54, 1.807) is 11.3 Å². The van der Waals surface area contributed by atoms with Crippen LogP contribution in [-0.2, 0) is 6.42 Å². The van der Waals surface area contributed by atoms with E-state index in [0.29, 0.717) is 10.7 Å². The van der Waals surface area contributed by atoms with Gasteiger partial charge in [-0.2, -0.15) is 0 Å². The average Bonchev–Trinajstić information content (AvgIpc) is 2.91. The van der Waals surface area contributed by atoms with Gasteiger partial charge in [0.1, 0.15) is 5.69 Å². The van der Waals surface area contributed by atoms with Gasteiger partial charge < -0.3 is 5.32 Å². The zero-order chi connectivity index (χ0) is 15.0. The summed E-state index contributed by atoms with van der Waals surface area (Å²) in [5, 5.41) is 17.0. The summed E-state index contributed by atoms with van der Waals surface area (Å²) in [6.45, 7) is 0. The van der Waals surface area contributed by atoms with E-state index in [2.05, 4.69) is 16.8 Å². The van der Waals surface area contributed by atoms with Crippen LogP contribution in [0.2, 0.25) is 10.0 Å². The fourth-order valence-corrected chi connectivity index (χ4v) is 3.94. The maximum Gasteiger partial charge on any atom is 0.293 e. The molecule has 1 aromatic carbocycles. The number of hydrogen-bond donors (Lipinski definition) is 1. The Labute approximate surface area is 135 Å². The molecule has 1 aromatic heterocycles. The number of nitrogens with one attached hydrogen (secondary N) is 1. The normalized spacial score (nSPS) is 17.3. The zero-order valence-corrected chi connectivity index (χ0v) is 13.3. The Balaban J connectivity index is 1.96. The lowest BCUT2D eigenvalue weighted by Gasteiger charge is -2.24. The van der Waals surface area contributed by atoms with Crippen molar-refractivity contribution in [3.05, 3.63) is 54.2 Å². The van der Waals surface area contributed by atoms with Gasteiger partial charge in [-0.05, 0) is 42.3 Å². The van der Waals surface area contributed by atoms with E-state index in [-0.39, 0.29) is 16.8 Å². The number of aryl methyl sites for hydroxylation is 1. The van der Waals surface area contributed by atoms with E-state index < -0.39 is 4.92 Å². The van der Waals surface area contributed by atoms with E-state index >= 15 is 0 Å². The molecule has 21 heavy (non-hydrogen) atoms. The minimum absolute atomic E-state index is 0.0493. The lowest BCUT2D eigenvalue weighted by molar-refractivity contribution is -0.384. The van der Waals surface area contributed by atoms with Crippen molar-refractivity contribution in [2.45, 2.75) is 25.3 Å². The van der Waals surface area contributed by atoms with Gasteiger partial charge in [-0.25, -0.2) is 0 Å². The first kappa shape index (κ1) is 14.6. The van der Waals surface area contributed by atoms with Crippen molar-refractivity contribution in [2.75, 3.05) is 5.32 Å². The molecular weight excluding hydrogens is 331 g/mol. The molecule has 7 heteroatoms. The van der Waals surface area contributed by atoms with Crippen LogP contribution in [0.3, 0.4) is 0 Å². The molecule has 1 N–H and O–H groups in total. The van der Waals surface area contributed by atoms with E-state index in [4.69, 9.17) is 23.2 Å². The van der Waals surface area contributed by atoms with Crippen molar-refractivity contribution < 1.29 is 4.92 Å². The van der Waals surface area contributed by atoms with Gasteiger partial charge >= 0.3 is 0 Å². The first-order valence-electron chi connectivity index (χ1n) is 6.52. The minimum atomic E-state index is -0.443. The van der Waals surface area contributed by atoms with Crippen LogP contribution in [0.5, 0.6) is 0 Å². The lowest BCUT2D eigenvalue weighted by atomic mass is 9.94. The van der Waals surface area contributed by atoms with Gasteiger partial charge in [0, 0.05) is 10.9 Å². The Hall–Kier alpha value is -1.30. The molecule has 0 amide bonds. The van der Waals surface area contributed by atoms with Gasteiger partial charge in [0.15, 0.2) is 0 Å². The first-order chi connectivity index (χ1) is 10.1. The molecule has 2 aromatic rings. The van der Waals surface area contributed by atoms with Gasteiger partial charge in [0.05, 0.1) is 21.0 Å². The molecule has 0 aliphatic heterocycles. The fourth-order valence-electron chi connectivity index (χ4n) is 2.63. The topological polar surface area (TPSA) is 55.2 Å². The van der Waals surface area contributed by atoms with Crippen LogP contribution < -0.4 is 5.32 Å². The number of fused-ring (bicyclic) bond motifs is 1. The van der Waals surface area contributed by atoms with Gasteiger partial charge in [-0.3, -0.25) is 10.1 Å². The van der Waals surface area contributed by atoms with Crippen molar-refractivity contribution in [2.24, 2.45) is 0 Å². The van der Waals surface area contributed by atoms with E-state index in [0.717, 1.165) is 19.3 Å². The monoisotopic (exact) mass is 342 g/mol. The molecular formula is C14H12Cl2N2O2S. The van der Waals surface area contributed by atoms with Crippen molar-refractivity contribution in [3.8, 4) is 0 Å². The number of rotatable bonds is 3. The van der Waals surface area contributed by atoms with Gasteiger partial charge in [-0.1, -0.05) is 23.2 Å². The molecule has 0 saturated carbocycles. The number of hydrogen-bond acceptors (Lipinski definition) is 4. The third-order valence-corrected chi connectivity index (χ3v) is 5.34. The van der Waals surface area contributed by atoms with Gasteiger partial charge in [0.25, 0.3) is 5.69 Å². The maximum atomic E-state index is 11.2. The third kappa shape index (κ3) is 2.86. The van der Waals surface area contributed by atoms with Crippen molar-refractivity contribution >= 4 is 45.9 Å². The quantitative estimate of drug-likeness (QED) is 0.595. The molecule has 110 valence electrons. The Morgan fingerprint density at radius 1 is 1.33 bits per heavy atom. The highest BCUT2D eigenvalue weighted by atomic mass is 35.5. The largest absolute Gasteiger partial charge is 0.373 e. The van der Waals surface area contributed by atoms with Crippen LogP contribution in [0, 0.1) is 10.1 Å². The molecule has 0 bridgehead atoms. The summed E-state index contributed by atoms with van der Waals surface area (Å²) in [4.78, 5) is 12.1. The molecule has 0 saturated heterocycles. The third-order valence-electron chi connectivity index (χ3n) is 3.62. The number of thiophene rings is 1. The Kier molecular flexibility index (Phi) is 4.06.